The highest BCUT2D eigenvalue weighted by atomic mass is 16.7. The Morgan fingerprint density at radius 3 is 1.76 bits per heavy atom. The summed E-state index contributed by atoms with van der Waals surface area (Å²) in [7, 11) is 0. The van der Waals surface area contributed by atoms with Crippen molar-refractivity contribution in [2.75, 3.05) is 26.2 Å². The van der Waals surface area contributed by atoms with Gasteiger partial charge in [-0.3, -0.25) is 0 Å². The normalized spacial score (nSPS) is 16.7. The molecule has 0 bridgehead atoms. The smallest absolute Gasteiger partial charge is 0.428 e. The monoisotopic (exact) mass is 245 g/mol. The molecule has 1 rings (SSSR count). The fourth-order valence-corrected chi connectivity index (χ4v) is 1.47. The number of piperazine rings is 1. The number of hydrogen-bond donors (Lipinski definition) is 1. The van der Waals surface area contributed by atoms with Crippen LogP contribution in [0.4, 0.5) is 9.59 Å². The molecule has 1 heterocycles. The molecule has 0 saturated carbocycles. The number of hydrogen-bond acceptors (Lipinski definition) is 5. The topological polar surface area (TPSA) is 85.1 Å². The zero-order valence-corrected chi connectivity index (χ0v) is 10.4. The van der Waals surface area contributed by atoms with Crippen LogP contribution in [0, 0.1) is 0 Å². The van der Waals surface area contributed by atoms with E-state index in [1.165, 1.54) is 4.90 Å². The highest BCUT2D eigenvalue weighted by Gasteiger charge is 2.27. The molecule has 0 spiro atoms. The predicted octanol–water partition coefficient (Wildman–Crippen LogP) is 0.549. The van der Waals surface area contributed by atoms with E-state index in [-0.39, 0.29) is 6.09 Å². The van der Waals surface area contributed by atoms with Gasteiger partial charge in [-0.15, -0.1) is 0 Å². The Hall–Kier alpha value is -1.50. The van der Waals surface area contributed by atoms with Crippen LogP contribution in [0.3, 0.4) is 0 Å². The van der Waals surface area contributed by atoms with Gasteiger partial charge in [0, 0.05) is 26.2 Å². The second-order valence-electron chi connectivity index (χ2n) is 4.84. The predicted molar refractivity (Wildman–Crippen MR) is 60.0 cm³/mol. The van der Waals surface area contributed by atoms with Crippen molar-refractivity contribution in [3.05, 3.63) is 0 Å². The Kier molecular flexibility index (Phi) is 4.17. The van der Waals surface area contributed by atoms with Crippen molar-refractivity contribution in [1.29, 1.82) is 0 Å². The van der Waals surface area contributed by atoms with E-state index in [4.69, 9.17) is 10.6 Å². The van der Waals surface area contributed by atoms with Crippen molar-refractivity contribution >= 4 is 12.2 Å². The van der Waals surface area contributed by atoms with Crippen LogP contribution >= 0.6 is 0 Å². The molecular weight excluding hydrogens is 226 g/mol. The lowest BCUT2D eigenvalue weighted by atomic mass is 10.2. The van der Waals surface area contributed by atoms with Crippen molar-refractivity contribution in [3.8, 4) is 0 Å². The zero-order valence-electron chi connectivity index (χ0n) is 10.4. The van der Waals surface area contributed by atoms with Crippen LogP contribution < -0.4 is 5.90 Å². The molecule has 17 heavy (non-hydrogen) atoms. The van der Waals surface area contributed by atoms with Crippen LogP contribution in [0.1, 0.15) is 20.8 Å². The summed E-state index contributed by atoms with van der Waals surface area (Å²) in [5.74, 6) is 4.78. The second-order valence-corrected chi connectivity index (χ2v) is 4.84. The van der Waals surface area contributed by atoms with Gasteiger partial charge in [0.1, 0.15) is 5.60 Å². The number of nitrogens with zero attached hydrogens (tertiary/aromatic N) is 2. The number of ether oxygens (including phenoxy) is 1. The quantitative estimate of drug-likeness (QED) is 0.630. The maximum atomic E-state index is 11.7. The molecule has 0 aromatic carbocycles. The molecule has 0 aliphatic carbocycles. The SMILES string of the molecule is CC(C)(C)OC(=O)N1CCN(C(=O)ON)CC1. The Balaban J connectivity index is 2.42. The van der Waals surface area contributed by atoms with Crippen molar-refractivity contribution in [1.82, 2.24) is 9.80 Å². The lowest BCUT2D eigenvalue weighted by Crippen LogP contribution is -2.52. The van der Waals surface area contributed by atoms with E-state index < -0.39 is 11.7 Å². The first-order valence-corrected chi connectivity index (χ1v) is 5.47. The minimum absolute atomic E-state index is 0.363. The van der Waals surface area contributed by atoms with Crippen molar-refractivity contribution < 1.29 is 19.2 Å². The van der Waals surface area contributed by atoms with Gasteiger partial charge in [0.15, 0.2) is 0 Å². The summed E-state index contributed by atoms with van der Waals surface area (Å²) in [5.41, 5.74) is -0.510. The summed E-state index contributed by atoms with van der Waals surface area (Å²) < 4.78 is 5.23. The standard InChI is InChI=1S/C10H19N3O4/c1-10(2,3)16-8(14)12-4-6-13(7-5-12)9(15)17-11/h4-7,11H2,1-3H3. The average Bonchev–Trinajstić information content (AvgIpc) is 2.26. The Morgan fingerprint density at radius 2 is 1.41 bits per heavy atom. The molecule has 98 valence electrons. The zero-order chi connectivity index (χ0) is 13.1. The molecule has 1 fully saturated rings. The van der Waals surface area contributed by atoms with Gasteiger partial charge < -0.3 is 19.4 Å². The first kappa shape index (κ1) is 13.6. The van der Waals surface area contributed by atoms with Crippen LogP contribution in [-0.2, 0) is 9.57 Å². The van der Waals surface area contributed by atoms with Crippen LogP contribution in [-0.4, -0.2) is 53.8 Å². The van der Waals surface area contributed by atoms with Gasteiger partial charge in [0.2, 0.25) is 0 Å². The second kappa shape index (κ2) is 5.22. The van der Waals surface area contributed by atoms with E-state index in [0.29, 0.717) is 26.2 Å². The van der Waals surface area contributed by atoms with Crippen molar-refractivity contribution in [3.63, 3.8) is 0 Å². The number of amides is 2. The fourth-order valence-electron chi connectivity index (χ4n) is 1.47. The van der Waals surface area contributed by atoms with Gasteiger partial charge in [0.25, 0.3) is 0 Å². The van der Waals surface area contributed by atoms with Crippen LogP contribution in [0.25, 0.3) is 0 Å². The maximum Gasteiger partial charge on any atom is 0.428 e. The van der Waals surface area contributed by atoms with Crippen LogP contribution in [0.15, 0.2) is 0 Å². The number of nitrogens with two attached hydrogens (primary N) is 1. The highest BCUT2D eigenvalue weighted by Crippen LogP contribution is 2.11. The molecule has 7 heteroatoms. The summed E-state index contributed by atoms with van der Waals surface area (Å²) in [4.78, 5) is 29.9. The molecule has 0 aromatic heterocycles. The third-order valence-electron chi connectivity index (χ3n) is 2.29. The largest absolute Gasteiger partial charge is 0.444 e. The summed E-state index contributed by atoms with van der Waals surface area (Å²) in [5, 5.41) is 0. The molecule has 2 amide bonds. The minimum atomic E-state index is -0.575. The van der Waals surface area contributed by atoms with Gasteiger partial charge in [-0.2, -0.15) is 5.90 Å². The lowest BCUT2D eigenvalue weighted by molar-refractivity contribution is 0.0129. The first-order valence-electron chi connectivity index (χ1n) is 5.47. The van der Waals surface area contributed by atoms with Gasteiger partial charge >= 0.3 is 12.2 Å². The number of rotatable bonds is 0. The molecular formula is C10H19N3O4. The average molecular weight is 245 g/mol. The summed E-state index contributed by atoms with van der Waals surface area (Å²) in [6.07, 6.45) is -0.938. The van der Waals surface area contributed by atoms with Gasteiger partial charge in [0.05, 0.1) is 0 Å². The molecule has 0 aromatic rings. The van der Waals surface area contributed by atoms with Gasteiger partial charge in [-0.25, -0.2) is 9.59 Å². The summed E-state index contributed by atoms with van der Waals surface area (Å²) in [6, 6.07) is 0. The molecule has 7 nitrogen and oxygen atoms in total. The molecule has 1 aliphatic rings. The first-order chi connectivity index (χ1) is 7.83. The molecule has 2 N–H and O–H groups in total. The third-order valence-corrected chi connectivity index (χ3v) is 2.29. The Bertz CT molecular complexity index is 292. The van der Waals surface area contributed by atoms with Gasteiger partial charge in [-0.05, 0) is 20.8 Å². The molecule has 0 atom stereocenters. The summed E-state index contributed by atoms with van der Waals surface area (Å²) in [6.45, 7) is 7.07. The molecule has 1 aliphatic heterocycles. The van der Waals surface area contributed by atoms with Crippen molar-refractivity contribution in [2.24, 2.45) is 5.90 Å². The highest BCUT2D eigenvalue weighted by molar-refractivity contribution is 5.70. The number of carbonyl (C=O) groups excluding carboxylic acids is 2. The molecule has 0 unspecified atom stereocenters. The van der Waals surface area contributed by atoms with Gasteiger partial charge in [-0.1, -0.05) is 0 Å². The van der Waals surface area contributed by atoms with E-state index in [2.05, 4.69) is 4.84 Å². The molecule has 1 saturated heterocycles. The van der Waals surface area contributed by atoms with Crippen molar-refractivity contribution in [2.45, 2.75) is 26.4 Å². The maximum absolute atomic E-state index is 11.7. The van der Waals surface area contributed by atoms with E-state index in [9.17, 15) is 9.59 Å². The fraction of sp³-hybridized carbons (Fsp3) is 0.800. The minimum Gasteiger partial charge on any atom is -0.444 e. The number of carbonyl (C=O) groups is 2. The van der Waals surface area contributed by atoms with Crippen LogP contribution in [0.2, 0.25) is 0 Å². The van der Waals surface area contributed by atoms with E-state index >= 15 is 0 Å². The van der Waals surface area contributed by atoms with Crippen LogP contribution in [0.5, 0.6) is 0 Å². The Labute approximate surface area is 100 Å². The molecule has 0 radical (unpaired) electrons. The lowest BCUT2D eigenvalue weighted by Gasteiger charge is -2.34. The Morgan fingerprint density at radius 1 is 1.00 bits per heavy atom. The van der Waals surface area contributed by atoms with E-state index in [0.717, 1.165) is 0 Å². The van der Waals surface area contributed by atoms with E-state index in [1.54, 1.807) is 4.90 Å². The third kappa shape index (κ3) is 4.10. The summed E-state index contributed by atoms with van der Waals surface area (Å²) >= 11 is 0. The van der Waals surface area contributed by atoms with E-state index in [1.807, 2.05) is 20.8 Å².